The summed E-state index contributed by atoms with van der Waals surface area (Å²) in [4.78, 5) is 11.8. The Bertz CT molecular complexity index is 373. The van der Waals surface area contributed by atoms with Gasteiger partial charge in [0.2, 0.25) is 0 Å². The number of halogens is 1. The van der Waals surface area contributed by atoms with Crippen molar-refractivity contribution in [3.8, 4) is 0 Å². The summed E-state index contributed by atoms with van der Waals surface area (Å²) in [5, 5.41) is 0. The van der Waals surface area contributed by atoms with E-state index < -0.39 is 0 Å². The topological polar surface area (TPSA) is 26.3 Å². The van der Waals surface area contributed by atoms with Gasteiger partial charge in [-0.05, 0) is 37.6 Å². The Morgan fingerprint density at radius 2 is 1.89 bits per heavy atom. The van der Waals surface area contributed by atoms with E-state index in [2.05, 4.69) is 6.92 Å². The molecular weight excluding hydrogens is 243 g/mol. The summed E-state index contributed by atoms with van der Waals surface area (Å²) in [5.41, 5.74) is 0.500. The highest BCUT2D eigenvalue weighted by atomic mass is 19.1. The molecule has 0 N–H and O–H groups in total. The molecule has 1 rings (SSSR count). The lowest BCUT2D eigenvalue weighted by molar-refractivity contribution is 0.0483. The molecule has 0 saturated carbocycles. The molecule has 0 heterocycles. The minimum Gasteiger partial charge on any atom is -0.370 e. The Labute approximate surface area is 115 Å². The van der Waals surface area contributed by atoms with E-state index in [1.807, 2.05) is 6.92 Å². The maximum Gasteiger partial charge on any atom is 0.188 e. The molecule has 0 aromatic heterocycles. The number of carbonyl (C=O) groups is 1. The van der Waals surface area contributed by atoms with E-state index in [0.717, 1.165) is 12.8 Å². The monoisotopic (exact) mass is 266 g/mol. The van der Waals surface area contributed by atoms with Gasteiger partial charge in [0.25, 0.3) is 0 Å². The van der Waals surface area contributed by atoms with Gasteiger partial charge in [0.15, 0.2) is 5.78 Å². The fourth-order valence-electron chi connectivity index (χ4n) is 1.88. The van der Waals surface area contributed by atoms with E-state index in [9.17, 15) is 9.18 Å². The third kappa shape index (κ3) is 6.48. The highest BCUT2D eigenvalue weighted by molar-refractivity contribution is 5.97. The molecule has 0 amide bonds. The molecule has 1 unspecified atom stereocenters. The highest BCUT2D eigenvalue weighted by Crippen LogP contribution is 2.09. The minimum atomic E-state index is -0.332. The van der Waals surface area contributed by atoms with Crippen LogP contribution >= 0.6 is 0 Å². The molecule has 1 atom stereocenters. The molecule has 0 aliphatic carbocycles. The van der Waals surface area contributed by atoms with Crippen LogP contribution in [0.3, 0.4) is 0 Å². The van der Waals surface area contributed by atoms with Gasteiger partial charge in [-0.2, -0.15) is 0 Å². The number of rotatable bonds is 9. The lowest BCUT2D eigenvalue weighted by Gasteiger charge is -2.12. The van der Waals surface area contributed by atoms with Crippen molar-refractivity contribution in [2.24, 2.45) is 0 Å². The first-order chi connectivity index (χ1) is 9.13. The van der Waals surface area contributed by atoms with Gasteiger partial charge in [-0.1, -0.05) is 32.6 Å². The molecule has 106 valence electrons. The summed E-state index contributed by atoms with van der Waals surface area (Å²) in [7, 11) is 0. The minimum absolute atomic E-state index is 0.0700. The van der Waals surface area contributed by atoms with Gasteiger partial charge in [0.1, 0.15) is 12.4 Å². The predicted octanol–water partition coefficient (Wildman–Crippen LogP) is 4.38. The van der Waals surface area contributed by atoms with E-state index >= 15 is 0 Å². The average Bonchev–Trinajstić information content (AvgIpc) is 2.42. The molecule has 0 radical (unpaired) electrons. The Hall–Kier alpha value is -1.22. The van der Waals surface area contributed by atoms with Crippen LogP contribution in [-0.2, 0) is 4.74 Å². The standard InChI is InChI=1S/C16H23FO2/c1-3-4-5-6-7-13(2)19-12-16(18)14-8-10-15(17)11-9-14/h8-11,13H,3-7,12H2,1-2H3. The molecule has 3 heteroatoms. The second kappa shape index (κ2) is 8.81. The number of hydrogen-bond donors (Lipinski definition) is 0. The third-order valence-corrected chi connectivity index (χ3v) is 3.13. The summed E-state index contributed by atoms with van der Waals surface area (Å²) in [5.74, 6) is -0.429. The molecule has 1 aromatic carbocycles. The van der Waals surface area contributed by atoms with Crippen LogP contribution in [0.15, 0.2) is 24.3 Å². The Morgan fingerprint density at radius 3 is 2.53 bits per heavy atom. The molecule has 0 spiro atoms. The lowest BCUT2D eigenvalue weighted by Crippen LogP contribution is -2.16. The number of unbranched alkanes of at least 4 members (excludes halogenated alkanes) is 3. The fraction of sp³-hybridized carbons (Fsp3) is 0.562. The van der Waals surface area contributed by atoms with E-state index in [1.54, 1.807) is 0 Å². The second-order valence-electron chi connectivity index (χ2n) is 4.90. The molecule has 0 aliphatic heterocycles. The van der Waals surface area contributed by atoms with Gasteiger partial charge in [0, 0.05) is 5.56 Å². The Kier molecular flexibility index (Phi) is 7.34. The van der Waals surface area contributed by atoms with E-state index in [4.69, 9.17) is 4.74 Å². The molecule has 19 heavy (non-hydrogen) atoms. The van der Waals surface area contributed by atoms with Crippen LogP contribution in [0, 0.1) is 5.82 Å². The first-order valence-corrected chi connectivity index (χ1v) is 7.04. The van der Waals surface area contributed by atoms with Crippen molar-refractivity contribution in [1.29, 1.82) is 0 Å². The number of carbonyl (C=O) groups excluding carboxylic acids is 1. The third-order valence-electron chi connectivity index (χ3n) is 3.13. The smallest absolute Gasteiger partial charge is 0.188 e. The Balaban J connectivity index is 2.24. The van der Waals surface area contributed by atoms with Crippen LogP contribution in [0.5, 0.6) is 0 Å². The SMILES string of the molecule is CCCCCCC(C)OCC(=O)c1ccc(F)cc1. The molecule has 0 aliphatic rings. The van der Waals surface area contributed by atoms with Gasteiger partial charge >= 0.3 is 0 Å². The Morgan fingerprint density at radius 1 is 1.21 bits per heavy atom. The van der Waals surface area contributed by atoms with Gasteiger partial charge in [-0.3, -0.25) is 4.79 Å². The maximum absolute atomic E-state index is 12.7. The predicted molar refractivity (Wildman–Crippen MR) is 74.9 cm³/mol. The van der Waals surface area contributed by atoms with Crippen molar-refractivity contribution in [3.63, 3.8) is 0 Å². The largest absolute Gasteiger partial charge is 0.370 e. The zero-order valence-electron chi connectivity index (χ0n) is 11.8. The van der Waals surface area contributed by atoms with Crippen LogP contribution in [0.2, 0.25) is 0 Å². The number of benzene rings is 1. The van der Waals surface area contributed by atoms with Crippen molar-refractivity contribution < 1.29 is 13.9 Å². The first kappa shape index (κ1) is 15.8. The summed E-state index contributed by atoms with van der Waals surface area (Å²) in [6.07, 6.45) is 5.91. The van der Waals surface area contributed by atoms with Crippen molar-refractivity contribution in [1.82, 2.24) is 0 Å². The molecule has 0 bridgehead atoms. The number of Topliss-reactive ketones (excluding diaryl/α,β-unsaturated/α-hetero) is 1. The van der Waals surface area contributed by atoms with E-state index in [1.165, 1.54) is 43.5 Å². The van der Waals surface area contributed by atoms with Crippen LogP contribution in [0.1, 0.15) is 56.3 Å². The summed E-state index contributed by atoms with van der Waals surface area (Å²) < 4.78 is 18.2. The number of ether oxygens (including phenoxy) is 1. The van der Waals surface area contributed by atoms with Crippen molar-refractivity contribution in [2.45, 2.75) is 52.1 Å². The van der Waals surface area contributed by atoms with E-state index in [0.29, 0.717) is 5.56 Å². The molecule has 0 saturated heterocycles. The van der Waals surface area contributed by atoms with Crippen molar-refractivity contribution >= 4 is 5.78 Å². The van der Waals surface area contributed by atoms with Gasteiger partial charge in [0.05, 0.1) is 6.10 Å². The van der Waals surface area contributed by atoms with Gasteiger partial charge in [-0.15, -0.1) is 0 Å². The van der Waals surface area contributed by atoms with Gasteiger partial charge in [-0.25, -0.2) is 4.39 Å². The quantitative estimate of drug-likeness (QED) is 0.489. The number of hydrogen-bond acceptors (Lipinski definition) is 2. The van der Waals surface area contributed by atoms with Gasteiger partial charge < -0.3 is 4.74 Å². The average molecular weight is 266 g/mol. The summed E-state index contributed by atoms with van der Waals surface area (Å²) in [6, 6.07) is 5.57. The summed E-state index contributed by atoms with van der Waals surface area (Å²) >= 11 is 0. The zero-order chi connectivity index (χ0) is 14.1. The normalized spacial score (nSPS) is 12.4. The van der Waals surface area contributed by atoms with Crippen LogP contribution in [-0.4, -0.2) is 18.5 Å². The number of ketones is 1. The first-order valence-electron chi connectivity index (χ1n) is 7.04. The van der Waals surface area contributed by atoms with Crippen LogP contribution in [0.25, 0.3) is 0 Å². The van der Waals surface area contributed by atoms with Crippen molar-refractivity contribution in [3.05, 3.63) is 35.6 Å². The molecule has 2 nitrogen and oxygen atoms in total. The molecule has 0 fully saturated rings. The van der Waals surface area contributed by atoms with Crippen LogP contribution in [0.4, 0.5) is 4.39 Å². The zero-order valence-corrected chi connectivity index (χ0v) is 11.8. The molecular formula is C16H23FO2. The second-order valence-corrected chi connectivity index (χ2v) is 4.90. The summed E-state index contributed by atoms with van der Waals surface area (Å²) in [6.45, 7) is 4.24. The maximum atomic E-state index is 12.7. The molecule has 1 aromatic rings. The van der Waals surface area contributed by atoms with Crippen LogP contribution < -0.4 is 0 Å². The lowest BCUT2D eigenvalue weighted by atomic mass is 10.1. The van der Waals surface area contributed by atoms with E-state index in [-0.39, 0.29) is 24.3 Å². The fourth-order valence-corrected chi connectivity index (χ4v) is 1.88. The van der Waals surface area contributed by atoms with Crippen molar-refractivity contribution in [2.75, 3.05) is 6.61 Å². The highest BCUT2D eigenvalue weighted by Gasteiger charge is 2.09.